The highest BCUT2D eigenvalue weighted by molar-refractivity contribution is 7.92. The molecule has 112 valence electrons. The van der Waals surface area contributed by atoms with Gasteiger partial charge in [-0.3, -0.25) is 4.72 Å². The summed E-state index contributed by atoms with van der Waals surface area (Å²) in [4.78, 5) is 0.00576. The topological polar surface area (TPSA) is 72.2 Å². The summed E-state index contributed by atoms with van der Waals surface area (Å²) in [6.45, 7) is 1.79. The summed E-state index contributed by atoms with van der Waals surface area (Å²) in [5.41, 5.74) is 6.24. The maximum absolute atomic E-state index is 13.6. The Morgan fingerprint density at radius 2 is 1.81 bits per heavy atom. The van der Waals surface area contributed by atoms with E-state index in [1.165, 1.54) is 24.3 Å². The van der Waals surface area contributed by atoms with Gasteiger partial charge in [0.05, 0.1) is 9.92 Å². The third-order valence-corrected chi connectivity index (χ3v) is 4.60. The Morgan fingerprint density at radius 3 is 2.33 bits per heavy atom. The lowest BCUT2D eigenvalue weighted by molar-refractivity contribution is 0.598. The molecule has 3 N–H and O–H groups in total. The Hall–Kier alpha value is -1.63. The summed E-state index contributed by atoms with van der Waals surface area (Å²) in [6, 6.07) is 9.78. The molecule has 2 rings (SSSR count). The van der Waals surface area contributed by atoms with Gasteiger partial charge in [0.1, 0.15) is 11.5 Å². The molecule has 0 radical (unpaired) electrons. The number of anilines is 1. The largest absolute Gasteiger partial charge is 0.324 e. The van der Waals surface area contributed by atoms with E-state index in [0.29, 0.717) is 0 Å². The number of rotatable bonds is 4. The van der Waals surface area contributed by atoms with Crippen LogP contribution in [0.25, 0.3) is 0 Å². The van der Waals surface area contributed by atoms with E-state index in [9.17, 15) is 12.8 Å². The Morgan fingerprint density at radius 1 is 1.19 bits per heavy atom. The average Bonchev–Trinajstić information content (AvgIpc) is 2.43. The van der Waals surface area contributed by atoms with Gasteiger partial charge < -0.3 is 5.73 Å². The Kier molecular flexibility index (Phi) is 4.51. The summed E-state index contributed by atoms with van der Waals surface area (Å²) < 4.78 is 40.2. The van der Waals surface area contributed by atoms with Gasteiger partial charge in [-0.2, -0.15) is 0 Å². The van der Waals surface area contributed by atoms with Gasteiger partial charge >= 0.3 is 0 Å². The molecule has 0 saturated carbocycles. The van der Waals surface area contributed by atoms with Crippen LogP contribution in [0.3, 0.4) is 0 Å². The second-order valence-corrected chi connectivity index (χ2v) is 6.65. The van der Waals surface area contributed by atoms with Crippen molar-refractivity contribution < 1.29 is 12.8 Å². The molecule has 21 heavy (non-hydrogen) atoms. The van der Waals surface area contributed by atoms with Crippen LogP contribution in [-0.2, 0) is 10.0 Å². The van der Waals surface area contributed by atoms with Crippen LogP contribution in [0, 0.1) is 5.82 Å². The molecule has 0 aliphatic carbocycles. The van der Waals surface area contributed by atoms with Gasteiger partial charge in [-0.05, 0) is 36.8 Å². The average molecular weight is 329 g/mol. The zero-order valence-corrected chi connectivity index (χ0v) is 12.7. The van der Waals surface area contributed by atoms with Crippen molar-refractivity contribution in [1.29, 1.82) is 0 Å². The van der Waals surface area contributed by atoms with Gasteiger partial charge in [-0.15, -0.1) is 0 Å². The van der Waals surface area contributed by atoms with E-state index >= 15 is 0 Å². The quantitative estimate of drug-likeness (QED) is 0.904. The van der Waals surface area contributed by atoms with Crippen molar-refractivity contribution in [2.45, 2.75) is 17.9 Å². The fraction of sp³-hybridized carbons (Fsp3) is 0.143. The monoisotopic (exact) mass is 328 g/mol. The van der Waals surface area contributed by atoms with E-state index in [2.05, 4.69) is 4.72 Å². The molecule has 0 fully saturated rings. The number of nitrogens with two attached hydrogens (primary N) is 1. The molecule has 0 spiro atoms. The number of nitrogens with one attached hydrogen (secondary N) is 1. The van der Waals surface area contributed by atoms with Crippen molar-refractivity contribution in [3.8, 4) is 0 Å². The predicted octanol–water partition coefficient (Wildman–Crippen LogP) is 3.30. The Labute approximate surface area is 127 Å². The van der Waals surface area contributed by atoms with E-state index in [4.69, 9.17) is 17.3 Å². The van der Waals surface area contributed by atoms with Crippen molar-refractivity contribution in [3.63, 3.8) is 0 Å². The molecule has 4 nitrogen and oxygen atoms in total. The standard InChI is InChI=1S/C14H14ClFN2O2S/c1-9(17)10-5-7-11(8-6-10)21(19,20)18-14-12(15)3-2-4-13(14)16/h2-9,18H,17H2,1H3. The zero-order chi connectivity index (χ0) is 15.6. The molecule has 0 bridgehead atoms. The molecule has 7 heteroatoms. The van der Waals surface area contributed by atoms with Gasteiger partial charge in [-0.25, -0.2) is 12.8 Å². The summed E-state index contributed by atoms with van der Waals surface area (Å²) in [7, 11) is -3.92. The fourth-order valence-corrected chi connectivity index (χ4v) is 3.09. The highest BCUT2D eigenvalue weighted by Crippen LogP contribution is 2.27. The first-order chi connectivity index (χ1) is 9.81. The molecule has 0 aliphatic rings. The van der Waals surface area contributed by atoms with Gasteiger partial charge in [0.2, 0.25) is 0 Å². The third kappa shape index (κ3) is 3.53. The highest BCUT2D eigenvalue weighted by Gasteiger charge is 2.18. The summed E-state index contributed by atoms with van der Waals surface area (Å²) in [5, 5.41) is -0.00854. The van der Waals surface area contributed by atoms with Crippen LogP contribution >= 0.6 is 11.6 Å². The molecule has 0 aliphatic heterocycles. The number of halogens is 2. The van der Waals surface area contributed by atoms with Crippen molar-refractivity contribution in [2.75, 3.05) is 4.72 Å². The van der Waals surface area contributed by atoms with E-state index in [0.717, 1.165) is 11.6 Å². The van der Waals surface area contributed by atoms with Crippen LogP contribution in [0.5, 0.6) is 0 Å². The van der Waals surface area contributed by atoms with Crippen molar-refractivity contribution >= 4 is 27.3 Å². The number of sulfonamides is 1. The summed E-state index contributed by atoms with van der Waals surface area (Å²) in [5.74, 6) is -0.738. The van der Waals surface area contributed by atoms with Crippen LogP contribution < -0.4 is 10.5 Å². The third-order valence-electron chi connectivity index (χ3n) is 2.92. The minimum absolute atomic E-state index is 0.00576. The number of para-hydroxylation sites is 1. The SMILES string of the molecule is CC(N)c1ccc(S(=O)(=O)Nc2c(F)cccc2Cl)cc1. The molecule has 0 aromatic heterocycles. The van der Waals surface area contributed by atoms with Crippen molar-refractivity contribution in [3.05, 3.63) is 58.9 Å². The van der Waals surface area contributed by atoms with Crippen LogP contribution in [0.1, 0.15) is 18.5 Å². The number of hydrogen-bond acceptors (Lipinski definition) is 3. The molecule has 0 saturated heterocycles. The molecule has 1 unspecified atom stereocenters. The number of benzene rings is 2. The molecule has 2 aromatic carbocycles. The second kappa shape index (κ2) is 6.01. The van der Waals surface area contributed by atoms with Crippen LogP contribution in [0.2, 0.25) is 5.02 Å². The molecule has 1 atom stereocenters. The maximum atomic E-state index is 13.6. The first kappa shape index (κ1) is 15.8. The van der Waals surface area contributed by atoms with Crippen LogP contribution in [0.15, 0.2) is 47.4 Å². The van der Waals surface area contributed by atoms with Gasteiger partial charge in [0.25, 0.3) is 10.0 Å². The lowest BCUT2D eigenvalue weighted by Gasteiger charge is -2.11. The normalized spacial score (nSPS) is 13.0. The number of hydrogen-bond donors (Lipinski definition) is 2. The fourth-order valence-electron chi connectivity index (χ4n) is 1.74. The van der Waals surface area contributed by atoms with E-state index in [1.807, 2.05) is 0 Å². The first-order valence-corrected chi connectivity index (χ1v) is 8.00. The van der Waals surface area contributed by atoms with Crippen LogP contribution in [0.4, 0.5) is 10.1 Å². The van der Waals surface area contributed by atoms with Crippen LogP contribution in [-0.4, -0.2) is 8.42 Å². The van der Waals surface area contributed by atoms with Gasteiger partial charge in [0.15, 0.2) is 0 Å². The van der Waals surface area contributed by atoms with E-state index in [1.54, 1.807) is 19.1 Å². The Balaban J connectivity index is 2.34. The lowest BCUT2D eigenvalue weighted by Crippen LogP contribution is -2.14. The minimum atomic E-state index is -3.92. The maximum Gasteiger partial charge on any atom is 0.262 e. The van der Waals surface area contributed by atoms with Crippen molar-refractivity contribution in [1.82, 2.24) is 0 Å². The lowest BCUT2D eigenvalue weighted by atomic mass is 10.1. The summed E-state index contributed by atoms with van der Waals surface area (Å²) in [6.07, 6.45) is 0. The van der Waals surface area contributed by atoms with E-state index in [-0.39, 0.29) is 21.6 Å². The molecule has 2 aromatic rings. The molecule has 0 amide bonds. The smallest absolute Gasteiger partial charge is 0.262 e. The molecule has 0 heterocycles. The summed E-state index contributed by atoms with van der Waals surface area (Å²) >= 11 is 5.81. The van der Waals surface area contributed by atoms with Gasteiger partial charge in [-0.1, -0.05) is 29.8 Å². The van der Waals surface area contributed by atoms with Crippen molar-refractivity contribution in [2.24, 2.45) is 5.73 Å². The highest BCUT2D eigenvalue weighted by atomic mass is 35.5. The predicted molar refractivity (Wildman–Crippen MR) is 81.3 cm³/mol. The first-order valence-electron chi connectivity index (χ1n) is 6.13. The zero-order valence-electron chi connectivity index (χ0n) is 11.2. The molecular weight excluding hydrogens is 315 g/mol. The Bertz CT molecular complexity index is 726. The van der Waals surface area contributed by atoms with E-state index < -0.39 is 15.8 Å². The molecular formula is C14H14ClFN2O2S. The minimum Gasteiger partial charge on any atom is -0.324 e. The van der Waals surface area contributed by atoms with Gasteiger partial charge in [0, 0.05) is 6.04 Å². The second-order valence-electron chi connectivity index (χ2n) is 4.56.